The molecule has 0 aliphatic carbocycles. The van der Waals surface area contributed by atoms with E-state index in [0.717, 1.165) is 74.5 Å². The molecule has 2 saturated heterocycles. The molecule has 6 rings (SSSR count). The zero-order chi connectivity index (χ0) is 35.3. The normalized spacial score (nSPS) is 15.0. The van der Waals surface area contributed by atoms with Crippen LogP contribution in [-0.4, -0.2) is 58.0 Å². The van der Waals surface area contributed by atoms with E-state index in [1.54, 1.807) is 29.2 Å². The molecule has 7 nitrogen and oxygen atoms in total. The van der Waals surface area contributed by atoms with Gasteiger partial charge < -0.3 is 15.3 Å². The number of hydrogen-bond donors (Lipinski definition) is 2. The maximum Gasteiger partial charge on any atom is 0.340 e. The number of carboxylic acid groups (broad SMARTS) is 1. The van der Waals surface area contributed by atoms with E-state index in [1.807, 2.05) is 12.1 Å². The zero-order valence-corrected chi connectivity index (χ0v) is 26.5. The Morgan fingerprint density at radius 3 is 1.49 bits per heavy atom. The van der Waals surface area contributed by atoms with E-state index in [4.69, 9.17) is 5.11 Å². The highest BCUT2D eigenvalue weighted by molar-refractivity contribution is 5.94. The number of nitrogens with zero attached hydrogens (tertiary/aromatic N) is 3. The van der Waals surface area contributed by atoms with Gasteiger partial charge in [0.05, 0.1) is 5.56 Å². The summed E-state index contributed by atoms with van der Waals surface area (Å²) >= 11 is 0. The standard InChI is InChI=1S/C18H17F3N2O.C12H16FN.C6H3F2NO2/c19-14-3-1-12(2-4-14)11-13-7-9-23(10-8-13)18(24)15-5-6-16(20)22-17(15)21;13-12-3-1-10(2-4-12)9-11-5-7-14-8-6-11;7-4-2-1-3(6(10)11)5(8)9-4/h1-6,13H,7-11H2;1-4,11,14H,5-9H2;1-2H,(H,10,11). The minimum Gasteiger partial charge on any atom is -0.478 e. The maximum atomic E-state index is 13.6. The highest BCUT2D eigenvalue weighted by Gasteiger charge is 2.26. The molecule has 0 spiro atoms. The van der Waals surface area contributed by atoms with E-state index in [-0.39, 0.29) is 17.2 Å². The van der Waals surface area contributed by atoms with Crippen molar-refractivity contribution in [1.29, 1.82) is 0 Å². The fraction of sp³-hybridized carbons (Fsp3) is 0.333. The van der Waals surface area contributed by atoms with E-state index < -0.39 is 41.2 Å². The van der Waals surface area contributed by atoms with Crippen LogP contribution in [0.1, 0.15) is 57.5 Å². The second-order valence-corrected chi connectivity index (χ2v) is 11.8. The van der Waals surface area contributed by atoms with Gasteiger partial charge in [-0.3, -0.25) is 4.79 Å². The molecule has 0 atom stereocenters. The fourth-order valence-corrected chi connectivity index (χ4v) is 5.65. The van der Waals surface area contributed by atoms with Crippen molar-refractivity contribution in [1.82, 2.24) is 20.2 Å². The largest absolute Gasteiger partial charge is 0.478 e. The number of rotatable bonds is 6. The number of carboxylic acids is 1. The van der Waals surface area contributed by atoms with E-state index >= 15 is 0 Å². The summed E-state index contributed by atoms with van der Waals surface area (Å²) in [5.41, 5.74) is 1.49. The Morgan fingerprint density at radius 2 is 1.06 bits per heavy atom. The number of aromatic nitrogens is 2. The Morgan fingerprint density at radius 1 is 0.633 bits per heavy atom. The van der Waals surface area contributed by atoms with E-state index in [0.29, 0.717) is 19.0 Å². The van der Waals surface area contributed by atoms with Crippen molar-refractivity contribution in [2.24, 2.45) is 11.8 Å². The predicted molar refractivity (Wildman–Crippen MR) is 170 cm³/mol. The number of carbonyl (C=O) groups is 2. The van der Waals surface area contributed by atoms with Gasteiger partial charge in [0, 0.05) is 13.1 Å². The first-order chi connectivity index (χ1) is 23.5. The Labute approximate surface area is 280 Å². The molecule has 2 aliphatic heterocycles. The Hall–Kier alpha value is -4.78. The molecule has 2 fully saturated rings. The van der Waals surface area contributed by atoms with Crippen molar-refractivity contribution in [2.75, 3.05) is 26.2 Å². The molecule has 4 aromatic rings. The lowest BCUT2D eigenvalue weighted by molar-refractivity contribution is 0.0677. The van der Waals surface area contributed by atoms with Gasteiger partial charge >= 0.3 is 5.97 Å². The number of carbonyl (C=O) groups excluding carboxylic acids is 1. The van der Waals surface area contributed by atoms with Gasteiger partial charge in [0.1, 0.15) is 17.2 Å². The average Bonchev–Trinajstić information content (AvgIpc) is 3.08. The number of hydrogen-bond acceptors (Lipinski definition) is 5. The molecule has 0 bridgehead atoms. The molecule has 0 saturated carbocycles. The van der Waals surface area contributed by atoms with Gasteiger partial charge in [-0.15, -0.1) is 0 Å². The smallest absolute Gasteiger partial charge is 0.340 e. The monoisotopic (exact) mass is 686 g/mol. The highest BCUT2D eigenvalue weighted by atomic mass is 19.2. The first kappa shape index (κ1) is 37.0. The van der Waals surface area contributed by atoms with Crippen LogP contribution in [0, 0.1) is 47.3 Å². The number of piperidine rings is 2. The van der Waals surface area contributed by atoms with Crippen molar-refractivity contribution >= 4 is 11.9 Å². The lowest BCUT2D eigenvalue weighted by Gasteiger charge is -2.32. The Kier molecular flexibility index (Phi) is 13.7. The van der Waals surface area contributed by atoms with Gasteiger partial charge in [-0.05, 0) is 123 Å². The molecule has 260 valence electrons. The predicted octanol–water partition coefficient (Wildman–Crippen LogP) is 7.02. The third-order valence-corrected chi connectivity index (χ3v) is 8.33. The highest BCUT2D eigenvalue weighted by Crippen LogP contribution is 2.24. The number of pyridine rings is 2. The molecule has 49 heavy (non-hydrogen) atoms. The van der Waals surface area contributed by atoms with Gasteiger partial charge in [-0.2, -0.15) is 27.5 Å². The van der Waals surface area contributed by atoms with Gasteiger partial charge in [0.15, 0.2) is 0 Å². The molecule has 1 amide bonds. The average molecular weight is 687 g/mol. The molecule has 2 aromatic carbocycles. The van der Waals surface area contributed by atoms with Crippen LogP contribution in [0.4, 0.5) is 26.3 Å². The number of aromatic carboxylic acids is 1. The fourth-order valence-electron chi connectivity index (χ4n) is 5.65. The summed E-state index contributed by atoms with van der Waals surface area (Å²) in [5.74, 6) is -5.50. The van der Waals surface area contributed by atoms with Crippen molar-refractivity contribution < 1.29 is 41.0 Å². The minimum absolute atomic E-state index is 0.140. The van der Waals surface area contributed by atoms with Gasteiger partial charge in [0.2, 0.25) is 23.8 Å². The SMILES string of the molecule is Fc1ccc(CC2CCNCC2)cc1.O=C(O)c1ccc(F)nc1F.O=C(c1ccc(F)nc1F)N1CCC(Cc2ccc(F)cc2)CC1. The van der Waals surface area contributed by atoms with Crippen LogP contribution in [0.2, 0.25) is 0 Å². The molecule has 2 N–H and O–H groups in total. The van der Waals surface area contributed by atoms with Gasteiger partial charge in [0.25, 0.3) is 5.91 Å². The quantitative estimate of drug-likeness (QED) is 0.167. The van der Waals surface area contributed by atoms with Crippen LogP contribution in [0.25, 0.3) is 0 Å². The minimum atomic E-state index is -1.46. The molecule has 4 heterocycles. The topological polar surface area (TPSA) is 95.4 Å². The summed E-state index contributed by atoms with van der Waals surface area (Å²) in [7, 11) is 0. The van der Waals surface area contributed by atoms with Crippen LogP contribution in [0.15, 0.2) is 72.8 Å². The molecule has 2 aromatic heterocycles. The van der Waals surface area contributed by atoms with E-state index in [1.165, 1.54) is 30.5 Å². The summed E-state index contributed by atoms with van der Waals surface area (Å²) in [5, 5.41) is 11.6. The summed E-state index contributed by atoms with van der Waals surface area (Å²) < 4.78 is 76.5. The van der Waals surface area contributed by atoms with Crippen LogP contribution in [0.3, 0.4) is 0 Å². The van der Waals surface area contributed by atoms with Crippen molar-refractivity contribution in [3.05, 3.63) is 130 Å². The van der Waals surface area contributed by atoms with Crippen LogP contribution in [-0.2, 0) is 12.8 Å². The number of halogens is 6. The number of likely N-dealkylation sites (tertiary alicyclic amines) is 1. The molecular formula is C36H36F6N4O3. The van der Waals surface area contributed by atoms with Gasteiger partial charge in [-0.25, -0.2) is 13.6 Å². The molecule has 2 aliphatic rings. The molecular weight excluding hydrogens is 650 g/mol. The number of benzene rings is 2. The second-order valence-electron chi connectivity index (χ2n) is 11.8. The number of amides is 1. The lowest BCUT2D eigenvalue weighted by atomic mass is 9.90. The van der Waals surface area contributed by atoms with Gasteiger partial charge in [-0.1, -0.05) is 24.3 Å². The van der Waals surface area contributed by atoms with E-state index in [2.05, 4.69) is 15.3 Å². The second kappa shape index (κ2) is 18.1. The molecule has 0 radical (unpaired) electrons. The molecule has 13 heteroatoms. The van der Waals surface area contributed by atoms with Crippen molar-refractivity contribution in [3.63, 3.8) is 0 Å². The third-order valence-electron chi connectivity index (χ3n) is 8.33. The number of nitrogens with one attached hydrogen (secondary N) is 1. The zero-order valence-electron chi connectivity index (χ0n) is 26.5. The van der Waals surface area contributed by atoms with Crippen molar-refractivity contribution in [3.8, 4) is 0 Å². The summed E-state index contributed by atoms with van der Waals surface area (Å²) in [6.07, 6.45) is 6.00. The lowest BCUT2D eigenvalue weighted by Crippen LogP contribution is -2.39. The third kappa shape index (κ3) is 11.7. The first-order valence-corrected chi connectivity index (χ1v) is 15.8. The summed E-state index contributed by atoms with van der Waals surface area (Å²) in [6, 6.07) is 17.0. The molecule has 0 unspecified atom stereocenters. The van der Waals surface area contributed by atoms with E-state index in [9.17, 15) is 35.9 Å². The summed E-state index contributed by atoms with van der Waals surface area (Å²) in [4.78, 5) is 29.8. The Bertz CT molecular complexity index is 1680. The van der Waals surface area contributed by atoms with Crippen molar-refractivity contribution in [2.45, 2.75) is 38.5 Å². The van der Waals surface area contributed by atoms with Crippen LogP contribution < -0.4 is 5.32 Å². The van der Waals surface area contributed by atoms with Crippen LogP contribution >= 0.6 is 0 Å². The van der Waals surface area contributed by atoms with Crippen LogP contribution in [0.5, 0.6) is 0 Å². The maximum absolute atomic E-state index is 13.6. The Balaban J connectivity index is 0.000000183. The summed E-state index contributed by atoms with van der Waals surface area (Å²) in [6.45, 7) is 3.29. The first-order valence-electron chi connectivity index (χ1n) is 15.8.